The second kappa shape index (κ2) is 8.89. The van der Waals surface area contributed by atoms with Gasteiger partial charge in [0, 0.05) is 27.0 Å². The minimum absolute atomic E-state index is 0.00593. The first-order valence-electron chi connectivity index (χ1n) is 7.30. The van der Waals surface area contributed by atoms with E-state index in [0.29, 0.717) is 22.8 Å². The number of hydrogen-bond acceptors (Lipinski definition) is 4. The fourth-order valence-electron chi connectivity index (χ4n) is 2.10. The number of anilines is 1. The van der Waals surface area contributed by atoms with E-state index in [1.165, 1.54) is 18.7 Å². The minimum atomic E-state index is -0.0791. The summed E-state index contributed by atoms with van der Waals surface area (Å²) in [5, 5.41) is 2.82. The number of rotatable bonds is 7. The number of benzene rings is 2. The van der Waals surface area contributed by atoms with E-state index in [-0.39, 0.29) is 11.7 Å². The van der Waals surface area contributed by atoms with Crippen molar-refractivity contribution in [3.05, 3.63) is 58.1 Å². The zero-order valence-corrected chi connectivity index (χ0v) is 15.9. The SMILES string of the molecule is COc1ccc(Br)cc1CSCC(=O)Nc1ccc(C(C)=O)cc1. The van der Waals surface area contributed by atoms with Crippen LogP contribution in [0.1, 0.15) is 22.8 Å². The van der Waals surface area contributed by atoms with Crippen molar-refractivity contribution in [3.63, 3.8) is 0 Å². The van der Waals surface area contributed by atoms with Gasteiger partial charge in [-0.05, 0) is 49.4 Å². The number of nitrogens with one attached hydrogen (secondary N) is 1. The van der Waals surface area contributed by atoms with E-state index in [0.717, 1.165) is 15.8 Å². The average molecular weight is 408 g/mol. The molecular weight excluding hydrogens is 390 g/mol. The molecule has 1 N–H and O–H groups in total. The Morgan fingerprint density at radius 3 is 2.50 bits per heavy atom. The van der Waals surface area contributed by atoms with Crippen LogP contribution in [0, 0.1) is 0 Å². The van der Waals surface area contributed by atoms with E-state index in [2.05, 4.69) is 21.2 Å². The maximum atomic E-state index is 12.0. The Balaban J connectivity index is 1.85. The molecule has 0 bridgehead atoms. The fraction of sp³-hybridized carbons (Fsp3) is 0.222. The Morgan fingerprint density at radius 1 is 1.17 bits per heavy atom. The summed E-state index contributed by atoms with van der Waals surface area (Å²) in [6, 6.07) is 12.7. The van der Waals surface area contributed by atoms with Crippen LogP contribution in [0.3, 0.4) is 0 Å². The van der Waals surface area contributed by atoms with E-state index in [1.807, 2.05) is 18.2 Å². The molecule has 0 radical (unpaired) electrons. The van der Waals surface area contributed by atoms with Gasteiger partial charge in [0.1, 0.15) is 5.75 Å². The molecule has 4 nitrogen and oxygen atoms in total. The molecule has 0 aromatic heterocycles. The van der Waals surface area contributed by atoms with Gasteiger partial charge in [-0.2, -0.15) is 0 Å². The number of halogens is 1. The van der Waals surface area contributed by atoms with Crippen LogP contribution >= 0.6 is 27.7 Å². The lowest BCUT2D eigenvalue weighted by Gasteiger charge is -2.09. The van der Waals surface area contributed by atoms with Gasteiger partial charge in [0.15, 0.2) is 5.78 Å². The van der Waals surface area contributed by atoms with Crippen LogP contribution < -0.4 is 10.1 Å². The normalized spacial score (nSPS) is 10.3. The molecule has 2 aromatic rings. The van der Waals surface area contributed by atoms with Crippen LogP contribution in [-0.4, -0.2) is 24.6 Å². The first-order chi connectivity index (χ1) is 11.5. The molecule has 0 saturated heterocycles. The predicted octanol–water partition coefficient (Wildman–Crippen LogP) is 4.53. The number of ether oxygens (including phenoxy) is 1. The monoisotopic (exact) mass is 407 g/mol. The number of carbonyl (C=O) groups excluding carboxylic acids is 2. The lowest BCUT2D eigenvalue weighted by molar-refractivity contribution is -0.113. The van der Waals surface area contributed by atoms with Crippen molar-refractivity contribution in [1.29, 1.82) is 0 Å². The average Bonchev–Trinajstić information content (AvgIpc) is 2.55. The maximum absolute atomic E-state index is 12.0. The number of Topliss-reactive ketones (excluding diaryl/α,β-unsaturated/α-hetero) is 1. The fourth-order valence-corrected chi connectivity index (χ4v) is 3.31. The molecule has 0 spiro atoms. The van der Waals surface area contributed by atoms with Crippen molar-refractivity contribution in [2.45, 2.75) is 12.7 Å². The molecule has 0 saturated carbocycles. The molecule has 0 aliphatic carbocycles. The van der Waals surface area contributed by atoms with E-state index >= 15 is 0 Å². The number of ketones is 1. The molecule has 2 aromatic carbocycles. The Labute approximate surface area is 154 Å². The van der Waals surface area contributed by atoms with Crippen molar-refractivity contribution >= 4 is 45.1 Å². The zero-order valence-electron chi connectivity index (χ0n) is 13.5. The summed E-state index contributed by atoms with van der Waals surface area (Å²) >= 11 is 4.95. The summed E-state index contributed by atoms with van der Waals surface area (Å²) in [5.41, 5.74) is 2.35. The summed E-state index contributed by atoms with van der Waals surface area (Å²) in [7, 11) is 1.63. The summed E-state index contributed by atoms with van der Waals surface area (Å²) in [5.74, 6) is 1.76. The molecule has 6 heteroatoms. The van der Waals surface area contributed by atoms with Crippen LogP contribution in [0.4, 0.5) is 5.69 Å². The third kappa shape index (κ3) is 5.39. The van der Waals surface area contributed by atoms with Crippen molar-refractivity contribution in [3.8, 4) is 5.75 Å². The summed E-state index contributed by atoms with van der Waals surface area (Å²) in [6.45, 7) is 1.51. The van der Waals surface area contributed by atoms with E-state index < -0.39 is 0 Å². The standard InChI is InChI=1S/C18H18BrNO3S/c1-12(21)13-3-6-16(7-4-13)20-18(22)11-24-10-14-9-15(19)5-8-17(14)23-2/h3-9H,10-11H2,1-2H3,(H,20,22). The van der Waals surface area contributed by atoms with Gasteiger partial charge >= 0.3 is 0 Å². The Hall–Kier alpha value is -1.79. The molecule has 0 aliphatic heterocycles. The summed E-state index contributed by atoms with van der Waals surface area (Å²) < 4.78 is 6.30. The highest BCUT2D eigenvalue weighted by atomic mass is 79.9. The summed E-state index contributed by atoms with van der Waals surface area (Å²) in [4.78, 5) is 23.2. The van der Waals surface area contributed by atoms with Gasteiger partial charge in [-0.15, -0.1) is 11.8 Å². The largest absolute Gasteiger partial charge is 0.496 e. The van der Waals surface area contributed by atoms with Gasteiger partial charge < -0.3 is 10.1 Å². The molecule has 0 atom stereocenters. The number of carbonyl (C=O) groups is 2. The van der Waals surface area contributed by atoms with E-state index in [9.17, 15) is 9.59 Å². The molecular formula is C18H18BrNO3S. The van der Waals surface area contributed by atoms with E-state index in [4.69, 9.17) is 4.74 Å². The number of methoxy groups -OCH3 is 1. The van der Waals surface area contributed by atoms with Crippen molar-refractivity contribution in [1.82, 2.24) is 0 Å². The minimum Gasteiger partial charge on any atom is -0.496 e. The quantitative estimate of drug-likeness (QED) is 0.684. The molecule has 0 fully saturated rings. The molecule has 0 unspecified atom stereocenters. The lowest BCUT2D eigenvalue weighted by Crippen LogP contribution is -2.14. The van der Waals surface area contributed by atoms with Crippen molar-refractivity contribution in [2.24, 2.45) is 0 Å². The third-order valence-electron chi connectivity index (χ3n) is 3.31. The van der Waals surface area contributed by atoms with E-state index in [1.54, 1.807) is 31.4 Å². The van der Waals surface area contributed by atoms with Crippen LogP contribution in [0.15, 0.2) is 46.9 Å². The Kier molecular flexibility index (Phi) is 6.87. The van der Waals surface area contributed by atoms with Gasteiger partial charge in [-0.1, -0.05) is 15.9 Å². The highest BCUT2D eigenvalue weighted by Crippen LogP contribution is 2.26. The molecule has 1 amide bonds. The second-order valence-electron chi connectivity index (χ2n) is 5.13. The first kappa shape index (κ1) is 18.5. The van der Waals surface area contributed by atoms with Gasteiger partial charge in [0.25, 0.3) is 0 Å². The highest BCUT2D eigenvalue weighted by Gasteiger charge is 2.07. The molecule has 24 heavy (non-hydrogen) atoms. The van der Waals surface area contributed by atoms with Crippen LogP contribution in [0.2, 0.25) is 0 Å². The summed E-state index contributed by atoms with van der Waals surface area (Å²) in [6.07, 6.45) is 0. The highest BCUT2D eigenvalue weighted by molar-refractivity contribution is 9.10. The Bertz CT molecular complexity index is 732. The number of amides is 1. The molecule has 126 valence electrons. The molecule has 2 rings (SSSR count). The van der Waals surface area contributed by atoms with Gasteiger partial charge in [-0.3, -0.25) is 9.59 Å². The third-order valence-corrected chi connectivity index (χ3v) is 4.78. The van der Waals surface area contributed by atoms with Crippen molar-refractivity contribution < 1.29 is 14.3 Å². The zero-order chi connectivity index (χ0) is 17.5. The van der Waals surface area contributed by atoms with Crippen LogP contribution in [0.25, 0.3) is 0 Å². The predicted molar refractivity (Wildman–Crippen MR) is 102 cm³/mol. The van der Waals surface area contributed by atoms with Crippen molar-refractivity contribution in [2.75, 3.05) is 18.2 Å². The molecule has 0 heterocycles. The smallest absolute Gasteiger partial charge is 0.234 e. The lowest BCUT2D eigenvalue weighted by atomic mass is 10.1. The van der Waals surface area contributed by atoms with Gasteiger partial charge in [-0.25, -0.2) is 0 Å². The molecule has 0 aliphatic rings. The van der Waals surface area contributed by atoms with Crippen LogP contribution in [0.5, 0.6) is 5.75 Å². The van der Waals surface area contributed by atoms with Crippen LogP contribution in [-0.2, 0) is 10.5 Å². The Morgan fingerprint density at radius 2 is 1.88 bits per heavy atom. The number of thioether (sulfide) groups is 1. The second-order valence-corrected chi connectivity index (χ2v) is 7.03. The van der Waals surface area contributed by atoms with Gasteiger partial charge in [0.05, 0.1) is 12.9 Å². The maximum Gasteiger partial charge on any atom is 0.234 e. The van der Waals surface area contributed by atoms with Gasteiger partial charge in [0.2, 0.25) is 5.91 Å². The number of hydrogen-bond donors (Lipinski definition) is 1. The first-order valence-corrected chi connectivity index (χ1v) is 9.25. The topological polar surface area (TPSA) is 55.4 Å².